The van der Waals surface area contributed by atoms with Gasteiger partial charge in [0.2, 0.25) is 11.8 Å². The molecule has 0 unspecified atom stereocenters. The van der Waals surface area contributed by atoms with Crippen molar-refractivity contribution in [3.63, 3.8) is 0 Å². The molecule has 0 aliphatic carbocycles. The van der Waals surface area contributed by atoms with E-state index in [2.05, 4.69) is 5.32 Å². The summed E-state index contributed by atoms with van der Waals surface area (Å²) in [4.78, 5) is 27.3. The summed E-state index contributed by atoms with van der Waals surface area (Å²) in [5.41, 5.74) is 2.64. The van der Waals surface area contributed by atoms with Crippen molar-refractivity contribution in [1.82, 2.24) is 10.2 Å². The third-order valence-corrected chi connectivity index (χ3v) is 5.42. The second-order valence-electron chi connectivity index (χ2n) is 6.79. The van der Waals surface area contributed by atoms with E-state index in [9.17, 15) is 9.59 Å². The molecule has 2 rings (SSSR count). The fraction of sp³-hybridized carbons (Fsp3) is 0.364. The van der Waals surface area contributed by atoms with Gasteiger partial charge in [-0.15, -0.1) is 0 Å². The summed E-state index contributed by atoms with van der Waals surface area (Å²) in [5.74, 6) is -0.369. The maximum absolute atomic E-state index is 13.2. The lowest BCUT2D eigenvalue weighted by Gasteiger charge is -2.29. The highest BCUT2D eigenvalue weighted by atomic mass is 35.5. The van der Waals surface area contributed by atoms with Crippen molar-refractivity contribution in [2.75, 3.05) is 6.54 Å². The van der Waals surface area contributed by atoms with E-state index in [-0.39, 0.29) is 18.2 Å². The monoisotopic (exact) mass is 420 g/mol. The molecule has 2 aromatic rings. The fourth-order valence-electron chi connectivity index (χ4n) is 2.90. The van der Waals surface area contributed by atoms with Gasteiger partial charge >= 0.3 is 0 Å². The van der Waals surface area contributed by atoms with Crippen LogP contribution in [0.15, 0.2) is 42.5 Å². The van der Waals surface area contributed by atoms with Crippen LogP contribution >= 0.6 is 23.2 Å². The highest BCUT2D eigenvalue weighted by Gasteiger charge is 2.27. The Balaban J connectivity index is 2.29. The Morgan fingerprint density at radius 2 is 1.71 bits per heavy atom. The molecule has 0 spiro atoms. The number of carbonyl (C=O) groups excluding carboxylic acids is 2. The predicted molar refractivity (Wildman–Crippen MR) is 115 cm³/mol. The molecule has 6 heteroatoms. The van der Waals surface area contributed by atoms with Crippen LogP contribution in [0, 0.1) is 6.92 Å². The lowest BCUT2D eigenvalue weighted by Crippen LogP contribution is -2.48. The number of aryl methyl sites for hydroxylation is 1. The standard InChI is InChI=1S/C22H26Cl2N2O2/c1-4-12-25-22(28)16(3)26(14-17-9-6-5-8-15(17)2)21(27)13-18-19(23)10-7-11-20(18)24/h5-11,16H,4,12-14H2,1-3H3,(H,25,28)/t16-/m0/s1. The number of hydrogen-bond donors (Lipinski definition) is 1. The van der Waals surface area contributed by atoms with Crippen LogP contribution < -0.4 is 5.32 Å². The van der Waals surface area contributed by atoms with Crippen molar-refractivity contribution in [1.29, 1.82) is 0 Å². The van der Waals surface area contributed by atoms with Gasteiger partial charge in [0, 0.05) is 23.1 Å². The smallest absolute Gasteiger partial charge is 0.242 e. The number of nitrogens with zero attached hydrogens (tertiary/aromatic N) is 1. The number of hydrogen-bond acceptors (Lipinski definition) is 2. The third-order valence-electron chi connectivity index (χ3n) is 4.71. The second kappa shape index (κ2) is 10.5. The summed E-state index contributed by atoms with van der Waals surface area (Å²) < 4.78 is 0. The first kappa shape index (κ1) is 22.3. The first-order valence-corrected chi connectivity index (χ1v) is 10.1. The molecule has 1 atom stereocenters. The SMILES string of the molecule is CCCNC(=O)[C@H](C)N(Cc1ccccc1C)C(=O)Cc1c(Cl)cccc1Cl. The third kappa shape index (κ3) is 5.73. The minimum atomic E-state index is -0.611. The number of benzene rings is 2. The van der Waals surface area contributed by atoms with E-state index < -0.39 is 6.04 Å². The lowest BCUT2D eigenvalue weighted by molar-refractivity contribution is -0.140. The minimum Gasteiger partial charge on any atom is -0.354 e. The van der Waals surface area contributed by atoms with Gasteiger partial charge in [0.15, 0.2) is 0 Å². The molecule has 2 aromatic carbocycles. The molecule has 2 amide bonds. The van der Waals surface area contributed by atoms with Gasteiger partial charge in [0.1, 0.15) is 6.04 Å². The van der Waals surface area contributed by atoms with Crippen LogP contribution in [0.25, 0.3) is 0 Å². The molecule has 0 radical (unpaired) electrons. The molecule has 0 bridgehead atoms. The Labute approximate surface area is 176 Å². The molecule has 1 N–H and O–H groups in total. The second-order valence-corrected chi connectivity index (χ2v) is 7.61. The molecule has 0 aliphatic rings. The van der Waals surface area contributed by atoms with E-state index in [1.54, 1.807) is 30.0 Å². The zero-order chi connectivity index (χ0) is 20.7. The van der Waals surface area contributed by atoms with Gasteiger partial charge < -0.3 is 10.2 Å². The summed E-state index contributed by atoms with van der Waals surface area (Å²) in [6.07, 6.45) is 0.870. The van der Waals surface area contributed by atoms with Crippen LogP contribution in [0.3, 0.4) is 0 Å². The van der Waals surface area contributed by atoms with Crippen LogP contribution in [0.5, 0.6) is 0 Å². The molecule has 28 heavy (non-hydrogen) atoms. The van der Waals surface area contributed by atoms with E-state index in [1.807, 2.05) is 38.1 Å². The van der Waals surface area contributed by atoms with Crippen LogP contribution in [0.4, 0.5) is 0 Å². The highest BCUT2D eigenvalue weighted by Crippen LogP contribution is 2.26. The van der Waals surface area contributed by atoms with E-state index in [4.69, 9.17) is 23.2 Å². The van der Waals surface area contributed by atoms with Gasteiger partial charge in [-0.05, 0) is 49.1 Å². The highest BCUT2D eigenvalue weighted by molar-refractivity contribution is 6.36. The molecule has 0 saturated heterocycles. The molecule has 0 aromatic heterocycles. The van der Waals surface area contributed by atoms with Crippen LogP contribution in [0.2, 0.25) is 10.0 Å². The summed E-state index contributed by atoms with van der Waals surface area (Å²) in [6, 6.07) is 12.4. The van der Waals surface area contributed by atoms with Gasteiger partial charge in [-0.1, -0.05) is 60.5 Å². The molecular weight excluding hydrogens is 395 g/mol. The normalized spacial score (nSPS) is 11.8. The van der Waals surface area contributed by atoms with Crippen molar-refractivity contribution in [2.24, 2.45) is 0 Å². The van der Waals surface area contributed by atoms with Crippen molar-refractivity contribution in [3.05, 3.63) is 69.2 Å². The molecule has 0 heterocycles. The largest absolute Gasteiger partial charge is 0.354 e. The summed E-state index contributed by atoms with van der Waals surface area (Å²) in [6.45, 7) is 6.64. The Morgan fingerprint density at radius 3 is 2.32 bits per heavy atom. The topological polar surface area (TPSA) is 49.4 Å². The van der Waals surface area contributed by atoms with E-state index in [1.165, 1.54) is 0 Å². The minimum absolute atomic E-state index is 0.0375. The summed E-state index contributed by atoms with van der Waals surface area (Å²) in [7, 11) is 0. The van der Waals surface area contributed by atoms with Gasteiger partial charge in [0.25, 0.3) is 0 Å². The Hall–Kier alpha value is -2.04. The first-order chi connectivity index (χ1) is 13.3. The van der Waals surface area contributed by atoms with Crippen molar-refractivity contribution in [3.8, 4) is 0 Å². The van der Waals surface area contributed by atoms with E-state index >= 15 is 0 Å². The van der Waals surface area contributed by atoms with Gasteiger partial charge in [-0.3, -0.25) is 9.59 Å². The molecule has 0 fully saturated rings. The summed E-state index contributed by atoms with van der Waals surface area (Å²) >= 11 is 12.5. The average Bonchev–Trinajstić information content (AvgIpc) is 2.67. The van der Waals surface area contributed by atoms with Crippen molar-refractivity contribution < 1.29 is 9.59 Å². The van der Waals surface area contributed by atoms with Gasteiger partial charge in [-0.2, -0.15) is 0 Å². The number of amides is 2. The molecule has 0 saturated carbocycles. The molecular formula is C22H26Cl2N2O2. The molecule has 150 valence electrons. The first-order valence-electron chi connectivity index (χ1n) is 9.39. The Kier molecular flexibility index (Phi) is 8.34. The van der Waals surface area contributed by atoms with Gasteiger partial charge in [0.05, 0.1) is 6.42 Å². The predicted octanol–water partition coefficient (Wildman–Crippen LogP) is 4.79. The molecule has 0 aliphatic heterocycles. The number of nitrogens with one attached hydrogen (secondary N) is 1. The van der Waals surface area contributed by atoms with Crippen LogP contribution in [-0.2, 0) is 22.6 Å². The maximum atomic E-state index is 13.2. The van der Waals surface area contributed by atoms with Crippen molar-refractivity contribution in [2.45, 2.75) is 46.2 Å². The average molecular weight is 421 g/mol. The van der Waals surface area contributed by atoms with Crippen LogP contribution in [-0.4, -0.2) is 29.3 Å². The van der Waals surface area contributed by atoms with Crippen molar-refractivity contribution >= 4 is 35.0 Å². The number of rotatable bonds is 8. The van der Waals surface area contributed by atoms with E-state index in [0.29, 0.717) is 28.7 Å². The summed E-state index contributed by atoms with van der Waals surface area (Å²) in [5, 5.41) is 3.76. The van der Waals surface area contributed by atoms with Crippen LogP contribution in [0.1, 0.15) is 37.0 Å². The fourth-order valence-corrected chi connectivity index (χ4v) is 3.43. The quantitative estimate of drug-likeness (QED) is 0.667. The van der Waals surface area contributed by atoms with Gasteiger partial charge in [-0.25, -0.2) is 0 Å². The lowest BCUT2D eigenvalue weighted by atomic mass is 10.1. The van der Waals surface area contributed by atoms with E-state index in [0.717, 1.165) is 17.5 Å². The Bertz CT molecular complexity index is 819. The number of carbonyl (C=O) groups is 2. The maximum Gasteiger partial charge on any atom is 0.242 e. The Morgan fingerprint density at radius 1 is 1.07 bits per heavy atom. The number of halogens is 2. The zero-order valence-electron chi connectivity index (χ0n) is 16.5. The molecule has 4 nitrogen and oxygen atoms in total. The zero-order valence-corrected chi connectivity index (χ0v) is 18.0.